The molecule has 0 saturated heterocycles. The molecule has 1 rings (SSSR count). The molecule has 0 radical (unpaired) electrons. The third-order valence-corrected chi connectivity index (χ3v) is 1.50. The van der Waals surface area contributed by atoms with Gasteiger partial charge in [0.2, 0.25) is 0 Å². The Labute approximate surface area is 94.9 Å². The molecule has 1 N–H and O–H groups in total. The first-order valence-electron chi connectivity index (χ1n) is 4.95. The number of carbonyl (C=O) groups is 2. The summed E-state index contributed by atoms with van der Waals surface area (Å²) in [5.74, 6) is -0.997. The average Bonchev–Trinajstić information content (AvgIpc) is 2.18. The molecule has 0 aliphatic heterocycles. The second kappa shape index (κ2) is 8.47. The molecule has 4 heteroatoms. The molecule has 0 bridgehead atoms. The lowest BCUT2D eigenvalue weighted by Gasteiger charge is -2.00. The summed E-state index contributed by atoms with van der Waals surface area (Å²) in [6.07, 6.45) is 0.370. The maximum absolute atomic E-state index is 11.0. The van der Waals surface area contributed by atoms with Crippen molar-refractivity contribution < 1.29 is 19.4 Å². The number of esters is 1. The zero-order valence-electron chi connectivity index (χ0n) is 9.47. The smallest absolute Gasteiger partial charge is 0.310 e. The minimum Gasteiger partial charge on any atom is -0.481 e. The van der Waals surface area contributed by atoms with Crippen LogP contribution in [0, 0.1) is 0 Å². The van der Waals surface area contributed by atoms with Crippen LogP contribution < -0.4 is 0 Å². The summed E-state index contributed by atoms with van der Waals surface area (Å²) in [6.45, 7) is 3.34. The van der Waals surface area contributed by atoms with Crippen molar-refractivity contribution in [2.75, 3.05) is 6.61 Å². The van der Waals surface area contributed by atoms with Gasteiger partial charge in [-0.25, -0.2) is 0 Å². The number of aliphatic carboxylic acids is 1. The molecule has 0 fully saturated rings. The second-order valence-corrected chi connectivity index (χ2v) is 2.99. The lowest BCUT2D eigenvalue weighted by atomic mass is 10.2. The molecule has 4 nitrogen and oxygen atoms in total. The molecular weight excluding hydrogens is 208 g/mol. The van der Waals surface area contributed by atoms with Crippen LogP contribution in [0.15, 0.2) is 30.3 Å². The van der Waals surface area contributed by atoms with E-state index in [1.165, 1.54) is 0 Å². The molecule has 0 heterocycles. The second-order valence-electron chi connectivity index (χ2n) is 2.99. The quantitative estimate of drug-likeness (QED) is 0.796. The highest BCUT2D eigenvalue weighted by molar-refractivity contribution is 5.72. The molecule has 0 unspecified atom stereocenters. The Kier molecular flexibility index (Phi) is 7.49. The monoisotopic (exact) mass is 224 g/mol. The van der Waals surface area contributed by atoms with Crippen molar-refractivity contribution in [3.05, 3.63) is 35.9 Å². The summed E-state index contributed by atoms with van der Waals surface area (Å²) >= 11 is 0. The summed E-state index contributed by atoms with van der Waals surface area (Å²) < 4.78 is 4.81. The number of hydrogen-bond donors (Lipinski definition) is 1. The van der Waals surface area contributed by atoms with Crippen molar-refractivity contribution in [1.29, 1.82) is 0 Å². The minimum atomic E-state index is -0.833. The first kappa shape index (κ1) is 14.2. The van der Waals surface area contributed by atoms with E-state index in [4.69, 9.17) is 14.6 Å². The highest BCUT2D eigenvalue weighted by Crippen LogP contribution is 2.00. The van der Waals surface area contributed by atoms with Crippen LogP contribution in [0.1, 0.15) is 19.4 Å². The Morgan fingerprint density at radius 3 is 2.19 bits per heavy atom. The van der Waals surface area contributed by atoms with Crippen molar-refractivity contribution in [1.82, 2.24) is 0 Å². The highest BCUT2D eigenvalue weighted by atomic mass is 16.5. The molecule has 0 spiro atoms. The first-order chi connectivity index (χ1) is 7.56. The Morgan fingerprint density at radius 1 is 1.25 bits per heavy atom. The molecule has 1 aromatic carbocycles. The van der Waals surface area contributed by atoms with Crippen molar-refractivity contribution in [3.63, 3.8) is 0 Å². The minimum absolute atomic E-state index is 0.163. The summed E-state index contributed by atoms with van der Waals surface area (Å²) in [6, 6.07) is 9.58. The molecule has 0 aliphatic carbocycles. The van der Waals surface area contributed by atoms with Gasteiger partial charge in [0.15, 0.2) is 0 Å². The Bertz CT molecular complexity index is 315. The van der Waals surface area contributed by atoms with E-state index >= 15 is 0 Å². The van der Waals surface area contributed by atoms with Crippen LogP contribution in [0.3, 0.4) is 0 Å². The van der Waals surface area contributed by atoms with E-state index in [1.54, 1.807) is 0 Å². The normalized spacial score (nSPS) is 8.62. The number of carboxylic acid groups (broad SMARTS) is 1. The lowest BCUT2D eigenvalue weighted by molar-refractivity contribution is -0.142. The van der Waals surface area contributed by atoms with Gasteiger partial charge in [0, 0.05) is 6.92 Å². The van der Waals surface area contributed by atoms with Gasteiger partial charge >= 0.3 is 5.97 Å². The first-order valence-corrected chi connectivity index (χ1v) is 4.95. The van der Waals surface area contributed by atoms with Crippen LogP contribution in [0.2, 0.25) is 0 Å². The van der Waals surface area contributed by atoms with Crippen LogP contribution in [-0.4, -0.2) is 23.7 Å². The fraction of sp³-hybridized carbons (Fsp3) is 0.333. The molecule has 1 aromatic rings. The van der Waals surface area contributed by atoms with E-state index in [2.05, 4.69) is 0 Å². The van der Waals surface area contributed by atoms with Gasteiger partial charge in [-0.2, -0.15) is 0 Å². The number of ether oxygens (including phenoxy) is 1. The Balaban J connectivity index is 0.000000487. The molecule has 16 heavy (non-hydrogen) atoms. The van der Waals surface area contributed by atoms with Crippen molar-refractivity contribution >= 4 is 11.9 Å². The van der Waals surface area contributed by atoms with E-state index in [-0.39, 0.29) is 5.97 Å². The van der Waals surface area contributed by atoms with E-state index in [9.17, 15) is 4.79 Å². The molecule has 0 aliphatic rings. The SMILES string of the molecule is CC(=O)O.CCOC(=O)Cc1ccccc1. The Morgan fingerprint density at radius 2 is 1.75 bits per heavy atom. The number of hydrogen-bond acceptors (Lipinski definition) is 3. The van der Waals surface area contributed by atoms with Crippen LogP contribution in [0.5, 0.6) is 0 Å². The van der Waals surface area contributed by atoms with Gasteiger partial charge in [-0.15, -0.1) is 0 Å². The zero-order valence-corrected chi connectivity index (χ0v) is 9.47. The molecule has 0 saturated carbocycles. The van der Waals surface area contributed by atoms with E-state index in [0.29, 0.717) is 13.0 Å². The van der Waals surface area contributed by atoms with Crippen molar-refractivity contribution in [2.24, 2.45) is 0 Å². The van der Waals surface area contributed by atoms with Gasteiger partial charge in [0.25, 0.3) is 5.97 Å². The zero-order chi connectivity index (χ0) is 12.4. The summed E-state index contributed by atoms with van der Waals surface area (Å²) in [5.41, 5.74) is 0.996. The van der Waals surface area contributed by atoms with E-state index < -0.39 is 5.97 Å². The fourth-order valence-electron chi connectivity index (χ4n) is 0.975. The molecule has 0 amide bonds. The number of carboxylic acids is 1. The molecule has 88 valence electrons. The third kappa shape index (κ3) is 8.74. The average molecular weight is 224 g/mol. The third-order valence-electron chi connectivity index (χ3n) is 1.50. The van der Waals surface area contributed by atoms with Gasteiger partial charge < -0.3 is 9.84 Å². The van der Waals surface area contributed by atoms with Gasteiger partial charge in [-0.1, -0.05) is 30.3 Å². The van der Waals surface area contributed by atoms with Gasteiger partial charge in [-0.05, 0) is 12.5 Å². The van der Waals surface area contributed by atoms with Crippen molar-refractivity contribution in [3.8, 4) is 0 Å². The summed E-state index contributed by atoms with van der Waals surface area (Å²) in [7, 11) is 0. The Hall–Kier alpha value is -1.84. The van der Waals surface area contributed by atoms with Crippen LogP contribution >= 0.6 is 0 Å². The van der Waals surface area contributed by atoms with Gasteiger partial charge in [0.05, 0.1) is 13.0 Å². The lowest BCUT2D eigenvalue weighted by Crippen LogP contribution is -2.06. The van der Waals surface area contributed by atoms with Crippen LogP contribution in [0.25, 0.3) is 0 Å². The fourth-order valence-corrected chi connectivity index (χ4v) is 0.975. The highest BCUT2D eigenvalue weighted by Gasteiger charge is 2.01. The van der Waals surface area contributed by atoms with Crippen LogP contribution in [-0.2, 0) is 20.7 Å². The standard InChI is InChI=1S/C10H12O2.C2H4O2/c1-2-12-10(11)8-9-6-4-3-5-7-9;1-2(3)4/h3-7H,2,8H2,1H3;1H3,(H,3,4). The molecule has 0 atom stereocenters. The summed E-state index contributed by atoms with van der Waals surface area (Å²) in [4.78, 5) is 20.0. The number of carbonyl (C=O) groups excluding carboxylic acids is 1. The molecular formula is C12H16O4. The van der Waals surface area contributed by atoms with Crippen molar-refractivity contribution in [2.45, 2.75) is 20.3 Å². The number of benzene rings is 1. The van der Waals surface area contributed by atoms with E-state index in [1.807, 2.05) is 37.3 Å². The largest absolute Gasteiger partial charge is 0.481 e. The maximum Gasteiger partial charge on any atom is 0.310 e. The number of rotatable bonds is 3. The van der Waals surface area contributed by atoms with Gasteiger partial charge in [-0.3, -0.25) is 9.59 Å². The van der Waals surface area contributed by atoms with Gasteiger partial charge in [0.1, 0.15) is 0 Å². The predicted octanol–water partition coefficient (Wildman–Crippen LogP) is 1.88. The maximum atomic E-state index is 11.0. The topological polar surface area (TPSA) is 63.6 Å². The molecule has 0 aromatic heterocycles. The predicted molar refractivity (Wildman–Crippen MR) is 60.1 cm³/mol. The van der Waals surface area contributed by atoms with Crippen LogP contribution in [0.4, 0.5) is 0 Å². The van der Waals surface area contributed by atoms with E-state index in [0.717, 1.165) is 12.5 Å². The summed E-state index contributed by atoms with van der Waals surface area (Å²) in [5, 5.41) is 7.42.